The van der Waals surface area contributed by atoms with Gasteiger partial charge in [0.2, 0.25) is 11.9 Å². The van der Waals surface area contributed by atoms with Crippen LogP contribution in [-0.2, 0) is 4.79 Å². The maximum atomic E-state index is 12.9. The zero-order chi connectivity index (χ0) is 21.3. The third kappa shape index (κ3) is 4.12. The minimum absolute atomic E-state index is 0.201. The summed E-state index contributed by atoms with van der Waals surface area (Å²) in [5.74, 6) is -0.110. The minimum atomic E-state index is -0.321. The third-order valence-electron chi connectivity index (χ3n) is 5.22. The molecule has 0 aliphatic carbocycles. The van der Waals surface area contributed by atoms with Crippen molar-refractivity contribution in [3.8, 4) is 0 Å². The average molecular weight is 444 g/mol. The quantitative estimate of drug-likeness (QED) is 0.573. The maximum absolute atomic E-state index is 12.9. The second-order valence-corrected chi connectivity index (χ2v) is 8.61. The molecule has 3 aromatic rings. The van der Waals surface area contributed by atoms with E-state index >= 15 is 0 Å². The molecule has 0 bridgehead atoms. The third-order valence-corrected chi connectivity index (χ3v) is 6.45. The fraction of sp³-hybridized carbons (Fsp3) is 0.286. The Hall–Kier alpha value is -2.68. The van der Waals surface area contributed by atoms with Crippen LogP contribution >= 0.6 is 22.9 Å². The van der Waals surface area contributed by atoms with Gasteiger partial charge in [0.15, 0.2) is 0 Å². The number of hydrogen-bond acceptors (Lipinski definition) is 5. The lowest BCUT2D eigenvalue weighted by Gasteiger charge is -2.31. The van der Waals surface area contributed by atoms with Crippen LogP contribution < -0.4 is 10.6 Å². The Morgan fingerprint density at radius 1 is 1.30 bits per heavy atom. The number of imidazole rings is 1. The molecule has 1 saturated heterocycles. The number of para-hydroxylation sites is 1. The van der Waals surface area contributed by atoms with Gasteiger partial charge in [0.1, 0.15) is 0 Å². The zero-order valence-corrected chi connectivity index (χ0v) is 18.1. The normalized spacial score (nSPS) is 15.3. The van der Waals surface area contributed by atoms with Crippen LogP contribution in [-0.4, -0.2) is 46.4 Å². The Labute approximate surface area is 183 Å². The lowest BCUT2D eigenvalue weighted by Crippen LogP contribution is -2.32. The number of rotatable bonds is 5. The zero-order valence-electron chi connectivity index (χ0n) is 16.5. The summed E-state index contributed by atoms with van der Waals surface area (Å²) >= 11 is 7.76. The van der Waals surface area contributed by atoms with E-state index in [0.29, 0.717) is 21.5 Å². The number of likely N-dealkylation sites (tertiary alicyclic amines) is 1. The van der Waals surface area contributed by atoms with Gasteiger partial charge >= 0.3 is 0 Å². The highest BCUT2D eigenvalue weighted by atomic mass is 35.5. The van der Waals surface area contributed by atoms with E-state index in [-0.39, 0.29) is 17.9 Å². The molecule has 156 valence electrons. The highest BCUT2D eigenvalue weighted by Gasteiger charge is 2.25. The fourth-order valence-corrected chi connectivity index (χ4v) is 4.68. The summed E-state index contributed by atoms with van der Waals surface area (Å²) in [6.45, 7) is 5.37. The average Bonchev–Trinajstić information content (AvgIpc) is 3.34. The van der Waals surface area contributed by atoms with Crippen molar-refractivity contribution < 1.29 is 9.59 Å². The molecule has 2 aromatic heterocycles. The largest absolute Gasteiger partial charge is 0.322 e. The Balaban J connectivity index is 1.64. The van der Waals surface area contributed by atoms with Crippen LogP contribution in [0, 0.1) is 0 Å². The van der Waals surface area contributed by atoms with Crippen LogP contribution in [0.5, 0.6) is 0 Å². The van der Waals surface area contributed by atoms with Gasteiger partial charge in [-0.1, -0.05) is 24.2 Å². The van der Waals surface area contributed by atoms with Crippen molar-refractivity contribution >= 4 is 57.4 Å². The van der Waals surface area contributed by atoms with Gasteiger partial charge in [0.25, 0.3) is 5.91 Å². The molecule has 30 heavy (non-hydrogen) atoms. The number of thiophene rings is 1. The number of nitrogens with zero attached hydrogens (tertiary/aromatic N) is 3. The van der Waals surface area contributed by atoms with E-state index in [1.807, 2.05) is 18.2 Å². The van der Waals surface area contributed by atoms with E-state index in [0.717, 1.165) is 37.0 Å². The number of aromatic nitrogens is 2. The molecule has 0 unspecified atom stereocenters. The Morgan fingerprint density at radius 2 is 2.07 bits per heavy atom. The summed E-state index contributed by atoms with van der Waals surface area (Å²) in [5, 5.41) is 7.94. The molecular weight excluding hydrogens is 422 g/mol. The van der Waals surface area contributed by atoms with Gasteiger partial charge in [-0.3, -0.25) is 14.9 Å². The topological polar surface area (TPSA) is 79.3 Å². The van der Waals surface area contributed by atoms with Gasteiger partial charge in [-0.25, -0.2) is 4.98 Å². The molecule has 0 atom stereocenters. The first kappa shape index (κ1) is 20.6. The lowest BCUT2D eigenvalue weighted by atomic mass is 10.1. The molecule has 9 heteroatoms. The smallest absolute Gasteiger partial charge is 0.268 e. The Bertz CT molecular complexity index is 1110. The number of nitrogens with one attached hydrogen (secondary N) is 2. The molecule has 0 spiro atoms. The first-order chi connectivity index (χ1) is 14.5. The van der Waals surface area contributed by atoms with Gasteiger partial charge in [0, 0.05) is 11.4 Å². The summed E-state index contributed by atoms with van der Waals surface area (Å²) < 4.78 is 2.07. The van der Waals surface area contributed by atoms with E-state index in [2.05, 4.69) is 38.7 Å². The van der Waals surface area contributed by atoms with E-state index in [1.54, 1.807) is 11.4 Å². The number of hydrogen-bond donors (Lipinski definition) is 2. The molecule has 1 fully saturated rings. The SMILES string of the molecule is C=CC(=O)Nc1csc(C(=O)Nc2nc3cccc(Cl)c3n2C2CCN(C)CC2)c1. The summed E-state index contributed by atoms with van der Waals surface area (Å²) in [4.78, 5) is 31.8. The molecule has 1 aliphatic rings. The Morgan fingerprint density at radius 3 is 2.80 bits per heavy atom. The fourth-order valence-electron chi connectivity index (χ4n) is 3.68. The summed E-state index contributed by atoms with van der Waals surface area (Å²) in [6, 6.07) is 7.44. The predicted octanol–water partition coefficient (Wildman–Crippen LogP) is 4.39. The van der Waals surface area contributed by atoms with Crippen molar-refractivity contribution in [2.75, 3.05) is 30.8 Å². The van der Waals surface area contributed by atoms with Crippen LogP contribution in [0.3, 0.4) is 0 Å². The van der Waals surface area contributed by atoms with Crippen LogP contribution in [0.4, 0.5) is 11.6 Å². The van der Waals surface area contributed by atoms with E-state index in [4.69, 9.17) is 11.6 Å². The van der Waals surface area contributed by atoms with Crippen molar-refractivity contribution in [3.05, 3.63) is 52.2 Å². The molecular formula is C21H22ClN5O2S. The van der Waals surface area contributed by atoms with Crippen LogP contribution in [0.15, 0.2) is 42.3 Å². The van der Waals surface area contributed by atoms with Gasteiger partial charge in [0.05, 0.1) is 26.6 Å². The monoisotopic (exact) mass is 443 g/mol. The minimum Gasteiger partial charge on any atom is -0.322 e. The van der Waals surface area contributed by atoms with E-state index in [9.17, 15) is 9.59 Å². The highest BCUT2D eigenvalue weighted by molar-refractivity contribution is 7.12. The highest BCUT2D eigenvalue weighted by Crippen LogP contribution is 2.34. The van der Waals surface area contributed by atoms with E-state index < -0.39 is 0 Å². The van der Waals surface area contributed by atoms with Gasteiger partial charge in [-0.2, -0.15) is 0 Å². The second-order valence-electron chi connectivity index (χ2n) is 7.29. The molecule has 2 amide bonds. The maximum Gasteiger partial charge on any atom is 0.268 e. The molecule has 0 radical (unpaired) electrons. The summed E-state index contributed by atoms with van der Waals surface area (Å²) in [5.41, 5.74) is 2.15. The number of carbonyl (C=O) groups excluding carboxylic acids is 2. The van der Waals surface area contributed by atoms with Gasteiger partial charge in [-0.15, -0.1) is 11.3 Å². The molecule has 7 nitrogen and oxygen atoms in total. The first-order valence-corrected chi connectivity index (χ1v) is 10.9. The first-order valence-electron chi connectivity index (χ1n) is 9.64. The van der Waals surface area contributed by atoms with Crippen molar-refractivity contribution in [3.63, 3.8) is 0 Å². The Kier molecular flexibility index (Phi) is 5.90. The lowest BCUT2D eigenvalue weighted by molar-refractivity contribution is -0.111. The molecule has 1 aliphatic heterocycles. The molecule has 4 rings (SSSR count). The van der Waals surface area contributed by atoms with Crippen molar-refractivity contribution in [2.24, 2.45) is 0 Å². The predicted molar refractivity (Wildman–Crippen MR) is 122 cm³/mol. The second kappa shape index (κ2) is 8.59. The van der Waals surface area contributed by atoms with E-state index in [1.165, 1.54) is 17.4 Å². The summed E-state index contributed by atoms with van der Waals surface area (Å²) in [6.07, 6.45) is 3.09. The number of anilines is 2. The van der Waals surface area contributed by atoms with Crippen LogP contribution in [0.25, 0.3) is 11.0 Å². The van der Waals surface area contributed by atoms with Crippen molar-refractivity contribution in [1.29, 1.82) is 0 Å². The number of fused-ring (bicyclic) bond motifs is 1. The number of piperidine rings is 1. The summed E-state index contributed by atoms with van der Waals surface area (Å²) in [7, 11) is 2.11. The van der Waals surface area contributed by atoms with Crippen LogP contribution in [0.2, 0.25) is 5.02 Å². The molecule has 1 aromatic carbocycles. The molecule has 2 N–H and O–H groups in total. The van der Waals surface area contributed by atoms with Crippen molar-refractivity contribution in [1.82, 2.24) is 14.5 Å². The number of carbonyl (C=O) groups is 2. The van der Waals surface area contributed by atoms with Crippen molar-refractivity contribution in [2.45, 2.75) is 18.9 Å². The van der Waals surface area contributed by atoms with Crippen LogP contribution in [0.1, 0.15) is 28.6 Å². The van der Waals surface area contributed by atoms with Gasteiger partial charge < -0.3 is 14.8 Å². The standard InChI is InChI=1S/C21H22ClN5O2S/c1-3-18(28)23-13-11-17(30-12-13)20(29)25-21-24-16-6-4-5-15(22)19(16)27(21)14-7-9-26(2)10-8-14/h3-6,11-12,14H,1,7-10H2,2H3,(H,23,28)(H,24,25,29). The number of amides is 2. The van der Waals surface area contributed by atoms with Gasteiger partial charge in [-0.05, 0) is 57.3 Å². The number of halogens is 1. The molecule has 0 saturated carbocycles. The molecule has 3 heterocycles. The number of benzene rings is 1.